The zero-order valence-corrected chi connectivity index (χ0v) is 11.4. The molecule has 0 saturated carbocycles. The first kappa shape index (κ1) is 13.7. The Morgan fingerprint density at radius 3 is 2.50 bits per heavy atom. The number of hydrogen-bond acceptors (Lipinski definition) is 6. The van der Waals surface area contributed by atoms with Crippen LogP contribution >= 0.6 is 0 Å². The Balaban J connectivity index is 2.29. The number of benzene rings is 1. The third-order valence-corrected chi connectivity index (χ3v) is 2.64. The van der Waals surface area contributed by atoms with E-state index in [1.165, 1.54) is 32.6 Å². The summed E-state index contributed by atoms with van der Waals surface area (Å²) in [5.41, 5.74) is 7.02. The Morgan fingerprint density at radius 1 is 1.30 bits per heavy atom. The molecule has 3 N–H and O–H groups in total. The van der Waals surface area contributed by atoms with E-state index in [4.69, 9.17) is 19.6 Å². The van der Waals surface area contributed by atoms with Gasteiger partial charge in [0.2, 0.25) is 0 Å². The standard InChI is InChI=1S/C13H15N3O4/c1-7-6-20-13(15-7)16-12(17)8-4-10(18-2)11(19-3)5-9(8)14/h4-6H,14H2,1-3H3,(H,15,16,17). The molecule has 2 rings (SSSR count). The van der Waals surface area contributed by atoms with Crippen molar-refractivity contribution < 1.29 is 18.7 Å². The van der Waals surface area contributed by atoms with Crippen LogP contribution in [0.25, 0.3) is 0 Å². The van der Waals surface area contributed by atoms with Crippen LogP contribution in [-0.4, -0.2) is 25.1 Å². The molecular weight excluding hydrogens is 262 g/mol. The largest absolute Gasteiger partial charge is 0.493 e. The van der Waals surface area contributed by atoms with E-state index >= 15 is 0 Å². The van der Waals surface area contributed by atoms with Gasteiger partial charge in [-0.15, -0.1) is 0 Å². The molecule has 20 heavy (non-hydrogen) atoms. The van der Waals surface area contributed by atoms with Crippen LogP contribution in [0.15, 0.2) is 22.8 Å². The first-order valence-corrected chi connectivity index (χ1v) is 5.80. The molecule has 1 heterocycles. The number of carbonyl (C=O) groups excluding carboxylic acids is 1. The number of amides is 1. The van der Waals surface area contributed by atoms with Crippen LogP contribution in [0.1, 0.15) is 16.1 Å². The van der Waals surface area contributed by atoms with Crippen LogP contribution in [0.5, 0.6) is 11.5 Å². The average Bonchev–Trinajstić information content (AvgIpc) is 2.83. The lowest BCUT2D eigenvalue weighted by molar-refractivity contribution is 0.102. The second-order valence-electron chi connectivity index (χ2n) is 4.04. The maximum absolute atomic E-state index is 12.1. The van der Waals surface area contributed by atoms with Crippen LogP contribution in [-0.2, 0) is 0 Å². The van der Waals surface area contributed by atoms with Gasteiger partial charge < -0.3 is 19.6 Å². The number of nitrogens with one attached hydrogen (secondary N) is 1. The summed E-state index contributed by atoms with van der Waals surface area (Å²) in [6, 6.07) is 3.13. The highest BCUT2D eigenvalue weighted by Gasteiger charge is 2.16. The van der Waals surface area contributed by atoms with Crippen LogP contribution in [0.2, 0.25) is 0 Å². The number of rotatable bonds is 4. The summed E-state index contributed by atoms with van der Waals surface area (Å²) in [6.45, 7) is 1.75. The number of nitrogen functional groups attached to an aromatic ring is 1. The molecule has 2 aromatic rings. The van der Waals surface area contributed by atoms with Crippen molar-refractivity contribution in [3.63, 3.8) is 0 Å². The fourth-order valence-electron chi connectivity index (χ4n) is 1.67. The van der Waals surface area contributed by atoms with Gasteiger partial charge in [-0.25, -0.2) is 0 Å². The van der Waals surface area contributed by atoms with Crippen LogP contribution < -0.4 is 20.5 Å². The molecule has 106 valence electrons. The predicted molar refractivity (Wildman–Crippen MR) is 73.2 cm³/mol. The first-order chi connectivity index (χ1) is 9.55. The summed E-state index contributed by atoms with van der Waals surface area (Å²) in [5, 5.41) is 2.52. The monoisotopic (exact) mass is 277 g/mol. The molecule has 0 fully saturated rings. The van der Waals surface area contributed by atoms with Crippen molar-refractivity contribution in [2.45, 2.75) is 6.92 Å². The van der Waals surface area contributed by atoms with Gasteiger partial charge in [-0.05, 0) is 13.0 Å². The van der Waals surface area contributed by atoms with Gasteiger partial charge in [0.1, 0.15) is 6.26 Å². The summed E-state index contributed by atoms with van der Waals surface area (Å²) < 4.78 is 15.3. The second-order valence-corrected chi connectivity index (χ2v) is 4.04. The second kappa shape index (κ2) is 5.52. The summed E-state index contributed by atoms with van der Waals surface area (Å²) in [7, 11) is 2.97. The molecule has 0 spiro atoms. The first-order valence-electron chi connectivity index (χ1n) is 5.80. The molecule has 7 nitrogen and oxygen atoms in total. The van der Waals surface area contributed by atoms with E-state index in [0.717, 1.165) is 0 Å². The number of anilines is 2. The third kappa shape index (κ3) is 2.66. The van der Waals surface area contributed by atoms with Crippen molar-refractivity contribution in [1.82, 2.24) is 4.98 Å². The van der Waals surface area contributed by atoms with Crippen molar-refractivity contribution >= 4 is 17.6 Å². The van der Waals surface area contributed by atoms with Gasteiger partial charge in [0.05, 0.1) is 25.5 Å². The van der Waals surface area contributed by atoms with E-state index in [-0.39, 0.29) is 17.3 Å². The van der Waals surface area contributed by atoms with Crippen LogP contribution in [0, 0.1) is 6.92 Å². The number of hydrogen-bond donors (Lipinski definition) is 2. The molecule has 0 aliphatic carbocycles. The van der Waals surface area contributed by atoms with E-state index in [1.54, 1.807) is 6.92 Å². The Hall–Kier alpha value is -2.70. The Kier molecular flexibility index (Phi) is 3.79. The molecule has 0 radical (unpaired) electrons. The lowest BCUT2D eigenvalue weighted by atomic mass is 10.1. The third-order valence-electron chi connectivity index (χ3n) is 2.64. The molecule has 1 aromatic heterocycles. The van der Waals surface area contributed by atoms with Crippen LogP contribution in [0.4, 0.5) is 11.7 Å². The van der Waals surface area contributed by atoms with Crippen molar-refractivity contribution in [1.29, 1.82) is 0 Å². The molecule has 0 aliphatic heterocycles. The number of nitrogens with two attached hydrogens (primary N) is 1. The van der Waals surface area contributed by atoms with E-state index in [1.807, 2.05) is 0 Å². The quantitative estimate of drug-likeness (QED) is 0.827. The maximum Gasteiger partial charge on any atom is 0.301 e. The van der Waals surface area contributed by atoms with Gasteiger partial charge in [-0.3, -0.25) is 10.1 Å². The molecule has 7 heteroatoms. The average molecular weight is 277 g/mol. The Labute approximate surface area is 115 Å². The number of ether oxygens (including phenoxy) is 2. The number of aromatic nitrogens is 1. The van der Waals surface area contributed by atoms with E-state index in [2.05, 4.69) is 10.3 Å². The Bertz CT molecular complexity index is 637. The van der Waals surface area contributed by atoms with Gasteiger partial charge in [0.25, 0.3) is 5.91 Å². The highest BCUT2D eigenvalue weighted by atomic mass is 16.5. The molecule has 0 bridgehead atoms. The maximum atomic E-state index is 12.1. The number of oxazole rings is 1. The summed E-state index contributed by atoms with van der Waals surface area (Å²) in [6.07, 6.45) is 1.44. The molecule has 0 aliphatic rings. The van der Waals surface area contributed by atoms with Gasteiger partial charge >= 0.3 is 6.01 Å². The summed E-state index contributed by atoms with van der Waals surface area (Å²) >= 11 is 0. The van der Waals surface area contributed by atoms with Crippen molar-refractivity contribution in [2.75, 3.05) is 25.3 Å². The summed E-state index contributed by atoms with van der Waals surface area (Å²) in [5.74, 6) is 0.425. The molecule has 1 amide bonds. The fourth-order valence-corrected chi connectivity index (χ4v) is 1.67. The predicted octanol–water partition coefficient (Wildman–Crippen LogP) is 1.83. The van der Waals surface area contributed by atoms with Gasteiger partial charge in [-0.2, -0.15) is 4.98 Å². The number of aryl methyl sites for hydroxylation is 1. The zero-order chi connectivity index (χ0) is 14.7. The van der Waals surface area contributed by atoms with E-state index < -0.39 is 5.91 Å². The van der Waals surface area contributed by atoms with Gasteiger partial charge in [0, 0.05) is 11.8 Å². The van der Waals surface area contributed by atoms with Crippen molar-refractivity contribution in [3.05, 3.63) is 29.7 Å². The molecule has 1 aromatic carbocycles. The molecule has 0 saturated heterocycles. The highest BCUT2D eigenvalue weighted by Crippen LogP contribution is 2.32. The SMILES string of the molecule is COc1cc(N)c(C(=O)Nc2nc(C)co2)cc1OC. The minimum absolute atomic E-state index is 0.113. The smallest absolute Gasteiger partial charge is 0.301 e. The lowest BCUT2D eigenvalue weighted by Gasteiger charge is -2.11. The lowest BCUT2D eigenvalue weighted by Crippen LogP contribution is -2.14. The van der Waals surface area contributed by atoms with Crippen molar-refractivity contribution in [2.24, 2.45) is 0 Å². The molecular formula is C13H15N3O4. The van der Waals surface area contributed by atoms with E-state index in [9.17, 15) is 4.79 Å². The number of carbonyl (C=O) groups is 1. The zero-order valence-electron chi connectivity index (χ0n) is 11.4. The van der Waals surface area contributed by atoms with E-state index in [0.29, 0.717) is 17.2 Å². The highest BCUT2D eigenvalue weighted by molar-refractivity contribution is 6.07. The van der Waals surface area contributed by atoms with Gasteiger partial charge in [0.15, 0.2) is 11.5 Å². The normalized spacial score (nSPS) is 10.2. The molecule has 0 unspecified atom stereocenters. The minimum Gasteiger partial charge on any atom is -0.493 e. The fraction of sp³-hybridized carbons (Fsp3) is 0.231. The summed E-state index contributed by atoms with van der Waals surface area (Å²) in [4.78, 5) is 16.1. The van der Waals surface area contributed by atoms with Gasteiger partial charge in [-0.1, -0.05) is 0 Å². The number of nitrogens with zero attached hydrogens (tertiary/aromatic N) is 1. The van der Waals surface area contributed by atoms with Crippen LogP contribution in [0.3, 0.4) is 0 Å². The topological polar surface area (TPSA) is 99.6 Å². The number of methoxy groups -OCH3 is 2. The molecule has 0 atom stereocenters. The Morgan fingerprint density at radius 2 is 1.95 bits per heavy atom. The minimum atomic E-state index is -0.440. The van der Waals surface area contributed by atoms with Crippen molar-refractivity contribution in [3.8, 4) is 11.5 Å².